The van der Waals surface area contributed by atoms with Crippen molar-refractivity contribution in [2.24, 2.45) is 11.8 Å². The van der Waals surface area contributed by atoms with Crippen LogP contribution in [0.5, 0.6) is 5.75 Å². The molecule has 54 heavy (non-hydrogen) atoms. The van der Waals surface area contributed by atoms with Crippen LogP contribution in [0.25, 0.3) is 32.9 Å². The van der Waals surface area contributed by atoms with Crippen molar-refractivity contribution in [2.45, 2.75) is 69.7 Å². The summed E-state index contributed by atoms with van der Waals surface area (Å²) in [6.45, 7) is 3.21. The predicted octanol–water partition coefficient (Wildman–Crippen LogP) is 8.09. The molecule has 5 heterocycles. The molecule has 2 N–H and O–H groups in total. The number of aromatic nitrogens is 2. The molecule has 5 atom stereocenters. The van der Waals surface area contributed by atoms with Crippen LogP contribution in [0.2, 0.25) is 10.0 Å². The number of hydrogen-bond donors (Lipinski definition) is 2. The summed E-state index contributed by atoms with van der Waals surface area (Å²) >= 11 is 13.1. The summed E-state index contributed by atoms with van der Waals surface area (Å²) in [5.74, 6) is 0.384. The van der Waals surface area contributed by atoms with Crippen molar-refractivity contribution in [3.8, 4) is 22.9 Å². The van der Waals surface area contributed by atoms with E-state index in [1.165, 1.54) is 0 Å². The van der Waals surface area contributed by atoms with E-state index >= 15 is 4.39 Å². The lowest BCUT2D eigenvalue weighted by atomic mass is 9.79. The fraction of sp³-hybridized carbons (Fsp3) is 0.381. The number of fused-ring (bicyclic) bond motifs is 4. The maximum Gasteiger partial charge on any atom is 0.251 e. The number of halogens is 3. The van der Waals surface area contributed by atoms with Gasteiger partial charge in [0, 0.05) is 77.2 Å². The molecule has 10 rings (SSSR count). The highest BCUT2D eigenvalue weighted by atomic mass is 35.5. The highest BCUT2D eigenvalue weighted by Gasteiger charge is 2.51. The summed E-state index contributed by atoms with van der Waals surface area (Å²) in [5, 5.41) is 18.1. The molecule has 2 bridgehead atoms. The Balaban J connectivity index is 1.23. The van der Waals surface area contributed by atoms with E-state index in [0.717, 1.165) is 42.4 Å². The quantitative estimate of drug-likeness (QED) is 0.157. The van der Waals surface area contributed by atoms with Crippen molar-refractivity contribution in [3.63, 3.8) is 0 Å². The number of amides is 2. The van der Waals surface area contributed by atoms with Crippen molar-refractivity contribution in [1.29, 1.82) is 5.26 Å². The van der Waals surface area contributed by atoms with Crippen LogP contribution in [0.15, 0.2) is 54.6 Å². The van der Waals surface area contributed by atoms with Crippen LogP contribution in [-0.2, 0) is 11.2 Å². The second-order valence-corrected chi connectivity index (χ2v) is 15.9. The van der Waals surface area contributed by atoms with Gasteiger partial charge in [0.2, 0.25) is 5.91 Å². The average molecular weight is 766 g/mol. The maximum atomic E-state index is 17.2. The first-order valence-corrected chi connectivity index (χ1v) is 19.4. The fourth-order valence-corrected chi connectivity index (χ4v) is 9.51. The molecule has 12 heteroatoms. The van der Waals surface area contributed by atoms with Gasteiger partial charge in [-0.25, -0.2) is 9.37 Å². The molecule has 276 valence electrons. The first-order valence-electron chi connectivity index (χ1n) is 18.7. The lowest BCUT2D eigenvalue weighted by Gasteiger charge is -2.39. The minimum absolute atomic E-state index is 0.0000346. The van der Waals surface area contributed by atoms with Crippen LogP contribution in [0, 0.1) is 35.9 Å². The van der Waals surface area contributed by atoms with E-state index in [9.17, 15) is 14.9 Å². The molecule has 2 aromatic heterocycles. The number of ether oxygens (including phenoxy) is 1. The van der Waals surface area contributed by atoms with Gasteiger partial charge in [0.05, 0.1) is 40.3 Å². The number of rotatable bonds is 9. The van der Waals surface area contributed by atoms with Crippen molar-refractivity contribution < 1.29 is 18.7 Å². The van der Waals surface area contributed by atoms with Gasteiger partial charge in [-0.3, -0.25) is 9.59 Å². The number of aryl methyl sites for hydroxylation is 2. The van der Waals surface area contributed by atoms with Crippen LogP contribution >= 0.6 is 23.2 Å². The zero-order valence-electron chi connectivity index (χ0n) is 30.0. The minimum atomic E-state index is -0.502. The molecule has 0 spiro atoms. The smallest absolute Gasteiger partial charge is 0.251 e. The lowest BCUT2D eigenvalue weighted by Crippen LogP contribution is -2.41. The molecule has 0 radical (unpaired) electrons. The van der Waals surface area contributed by atoms with Crippen molar-refractivity contribution in [1.82, 2.24) is 25.1 Å². The number of carbonyl (C=O) groups excluding carboxylic acids is 2. The second kappa shape index (κ2) is 13.6. The summed E-state index contributed by atoms with van der Waals surface area (Å²) in [4.78, 5) is 33.4. The summed E-state index contributed by atoms with van der Waals surface area (Å²) in [6.07, 6.45) is 3.54. The molecule has 5 unspecified atom stereocenters. The average Bonchev–Trinajstić information content (AvgIpc) is 3.45. The van der Waals surface area contributed by atoms with E-state index in [4.69, 9.17) is 32.9 Å². The number of nitriles is 1. The Labute approximate surface area is 322 Å². The van der Waals surface area contributed by atoms with E-state index in [1.54, 1.807) is 43.4 Å². The monoisotopic (exact) mass is 764 g/mol. The fourth-order valence-electron chi connectivity index (χ4n) is 9.12. The Bertz CT molecular complexity index is 2410. The van der Waals surface area contributed by atoms with E-state index < -0.39 is 5.82 Å². The first-order chi connectivity index (χ1) is 26.2. The molecule has 2 amide bonds. The van der Waals surface area contributed by atoms with Gasteiger partial charge in [-0.15, -0.1) is 0 Å². The highest BCUT2D eigenvalue weighted by molar-refractivity contribution is 6.43. The summed E-state index contributed by atoms with van der Waals surface area (Å²) in [7, 11) is 1.59. The molecule has 3 saturated heterocycles. The van der Waals surface area contributed by atoms with E-state index in [2.05, 4.69) is 27.3 Å². The van der Waals surface area contributed by atoms with Gasteiger partial charge in [-0.1, -0.05) is 41.4 Å². The highest BCUT2D eigenvalue weighted by Crippen LogP contribution is 2.51. The maximum absolute atomic E-state index is 17.2. The zero-order chi connectivity index (χ0) is 37.4. The van der Waals surface area contributed by atoms with Crippen molar-refractivity contribution in [3.05, 3.63) is 93.0 Å². The molecule has 5 fully saturated rings. The van der Waals surface area contributed by atoms with Gasteiger partial charge >= 0.3 is 0 Å². The van der Waals surface area contributed by atoms with E-state index in [1.807, 2.05) is 24.0 Å². The molecule has 5 aliphatic rings. The van der Waals surface area contributed by atoms with Crippen molar-refractivity contribution in [2.75, 3.05) is 20.1 Å². The number of likely N-dealkylation sites (tertiary alicyclic amines) is 1. The molecule has 3 aliphatic heterocycles. The van der Waals surface area contributed by atoms with Crippen LogP contribution in [-0.4, -0.2) is 58.5 Å². The van der Waals surface area contributed by atoms with Crippen LogP contribution in [0.4, 0.5) is 4.39 Å². The van der Waals surface area contributed by atoms with E-state index in [0.29, 0.717) is 69.4 Å². The summed E-state index contributed by atoms with van der Waals surface area (Å²) in [5.41, 5.74) is 4.70. The first kappa shape index (κ1) is 35.0. The Morgan fingerprint density at radius 3 is 2.65 bits per heavy atom. The van der Waals surface area contributed by atoms with Gasteiger partial charge in [-0.2, -0.15) is 5.26 Å². The SMILES string of the molecule is CNC(=O)c1cccc(OC2CC(c3cc4c(C)nc5c(F)c(-c6cccc(Cl)c6Cl)c(CCC#N)cc5c4n3C3C4CNC3C4)N(C(=O)C3CC3)C2)c1. The summed E-state index contributed by atoms with van der Waals surface area (Å²) in [6, 6.07) is 18.7. The Hall–Kier alpha value is -4.69. The number of nitrogens with one attached hydrogen (secondary N) is 2. The Morgan fingerprint density at radius 2 is 1.93 bits per heavy atom. The third-order valence-electron chi connectivity index (χ3n) is 11.9. The normalized spacial score (nSPS) is 23.1. The molecule has 9 nitrogen and oxygen atoms in total. The minimum Gasteiger partial charge on any atom is -0.488 e. The predicted molar refractivity (Wildman–Crippen MR) is 206 cm³/mol. The number of pyridine rings is 1. The van der Waals surface area contributed by atoms with Gasteiger partial charge in [0.15, 0.2) is 5.82 Å². The van der Waals surface area contributed by atoms with Gasteiger partial charge < -0.3 is 24.8 Å². The van der Waals surface area contributed by atoms with Gasteiger partial charge in [0.25, 0.3) is 5.91 Å². The largest absolute Gasteiger partial charge is 0.488 e. The number of nitrogens with zero attached hydrogens (tertiary/aromatic N) is 4. The van der Waals surface area contributed by atoms with Gasteiger partial charge in [-0.05, 0) is 80.5 Å². The number of carbonyl (C=O) groups is 2. The lowest BCUT2D eigenvalue weighted by molar-refractivity contribution is -0.133. The summed E-state index contributed by atoms with van der Waals surface area (Å²) < 4.78 is 26.2. The molecule has 3 aromatic carbocycles. The Morgan fingerprint density at radius 1 is 1.11 bits per heavy atom. The Kier molecular flexibility index (Phi) is 8.80. The molecular weight excluding hydrogens is 726 g/mol. The molecular formula is C42H39Cl2FN6O3. The topological polar surface area (TPSA) is 112 Å². The third kappa shape index (κ3) is 5.71. The molecule has 2 aliphatic carbocycles. The van der Waals surface area contributed by atoms with Crippen LogP contribution in [0.3, 0.4) is 0 Å². The molecule has 2 saturated carbocycles. The van der Waals surface area contributed by atoms with E-state index in [-0.39, 0.29) is 58.9 Å². The number of hydrogen-bond acceptors (Lipinski definition) is 6. The zero-order valence-corrected chi connectivity index (χ0v) is 31.5. The molecule has 5 aromatic rings. The van der Waals surface area contributed by atoms with Crippen molar-refractivity contribution >= 4 is 56.8 Å². The van der Waals surface area contributed by atoms with Crippen LogP contribution in [0.1, 0.15) is 71.5 Å². The van der Waals surface area contributed by atoms with Gasteiger partial charge in [0.1, 0.15) is 17.4 Å². The van der Waals surface area contributed by atoms with Crippen LogP contribution < -0.4 is 15.4 Å². The second-order valence-electron chi connectivity index (χ2n) is 15.1. The standard InChI is InChI=1S/C42H39Cl2FN6O3/c1-21-29-18-34(33-17-27(20-50(33)42(53)22-11-12-22)54-26-8-3-6-24(14-26)41(52)47-2)51(39-25-16-32(39)48-19-25)40(29)30-15-23(7-5-13-46)35(37(45)38(30)49-21)28-9-4-10-31(43)36(28)44/h3-4,6,8-10,14-15,18,22,25,27,32-33,39,48H,5,7,11-12,16-17,19-20H2,1-2H3,(H,47,52). The number of benzene rings is 3. The third-order valence-corrected chi connectivity index (χ3v) is 12.7.